The highest BCUT2D eigenvalue weighted by Gasteiger charge is 2.07. The van der Waals surface area contributed by atoms with Crippen molar-refractivity contribution in [3.8, 4) is 0 Å². The molecule has 2 aromatic heterocycles. The maximum Gasteiger partial charge on any atom is 0.254 e. The highest BCUT2D eigenvalue weighted by molar-refractivity contribution is 5.93. The first kappa shape index (κ1) is 15.0. The van der Waals surface area contributed by atoms with Crippen molar-refractivity contribution < 1.29 is 13.9 Å². The van der Waals surface area contributed by atoms with Crippen molar-refractivity contribution in [3.63, 3.8) is 0 Å². The lowest BCUT2D eigenvalue weighted by atomic mass is 10.3. The minimum absolute atomic E-state index is 0.239. The highest BCUT2D eigenvalue weighted by Crippen LogP contribution is 2.03. The van der Waals surface area contributed by atoms with Gasteiger partial charge in [0.15, 0.2) is 0 Å². The van der Waals surface area contributed by atoms with Crippen molar-refractivity contribution >= 4 is 11.9 Å². The predicted molar refractivity (Wildman–Crippen MR) is 76.9 cm³/mol. The molecule has 0 atom stereocenters. The van der Waals surface area contributed by atoms with Gasteiger partial charge < -0.3 is 19.8 Å². The summed E-state index contributed by atoms with van der Waals surface area (Å²) < 4.78 is 10.1. The molecule has 0 bridgehead atoms. The van der Waals surface area contributed by atoms with Crippen LogP contribution in [-0.2, 0) is 11.3 Å². The van der Waals surface area contributed by atoms with Gasteiger partial charge in [-0.2, -0.15) is 0 Å². The van der Waals surface area contributed by atoms with E-state index in [4.69, 9.17) is 9.15 Å². The monoisotopic (exact) mass is 290 g/mol. The Bertz CT molecular complexity index is 540. The summed E-state index contributed by atoms with van der Waals surface area (Å²) in [4.78, 5) is 20.1. The first-order valence-electron chi connectivity index (χ1n) is 6.65. The largest absolute Gasteiger partial charge is 0.467 e. The summed E-state index contributed by atoms with van der Waals surface area (Å²) in [5.74, 6) is 0.951. The van der Waals surface area contributed by atoms with E-state index < -0.39 is 0 Å². The Morgan fingerprint density at radius 1 is 1.38 bits per heavy atom. The number of rotatable bonds is 8. The zero-order valence-electron chi connectivity index (χ0n) is 11.8. The van der Waals surface area contributed by atoms with Crippen LogP contribution in [-0.4, -0.2) is 36.1 Å². The van der Waals surface area contributed by atoms with E-state index in [-0.39, 0.29) is 5.91 Å². The topological polar surface area (TPSA) is 89.3 Å². The molecule has 0 fully saturated rings. The van der Waals surface area contributed by atoms with Crippen LogP contribution in [0.1, 0.15) is 22.5 Å². The number of nitrogens with one attached hydrogen (secondary N) is 2. The van der Waals surface area contributed by atoms with Crippen molar-refractivity contribution in [2.45, 2.75) is 13.0 Å². The van der Waals surface area contributed by atoms with Gasteiger partial charge >= 0.3 is 0 Å². The number of anilines is 1. The second kappa shape index (κ2) is 8.01. The Morgan fingerprint density at radius 3 is 2.86 bits per heavy atom. The number of aromatic nitrogens is 2. The Hall–Kier alpha value is -2.41. The molecular weight excluding hydrogens is 272 g/mol. The third-order valence-electron chi connectivity index (χ3n) is 2.73. The van der Waals surface area contributed by atoms with Crippen molar-refractivity contribution in [1.29, 1.82) is 0 Å². The van der Waals surface area contributed by atoms with Crippen molar-refractivity contribution in [3.05, 3.63) is 42.1 Å². The quantitative estimate of drug-likeness (QED) is 0.715. The van der Waals surface area contributed by atoms with Gasteiger partial charge in [0, 0.05) is 32.7 Å². The van der Waals surface area contributed by atoms with Crippen LogP contribution in [0.2, 0.25) is 0 Å². The lowest BCUT2D eigenvalue weighted by Gasteiger charge is -2.05. The third-order valence-corrected chi connectivity index (χ3v) is 2.73. The number of hydrogen-bond acceptors (Lipinski definition) is 6. The Labute approximate surface area is 122 Å². The zero-order valence-corrected chi connectivity index (χ0v) is 11.8. The van der Waals surface area contributed by atoms with Crippen LogP contribution in [0.3, 0.4) is 0 Å². The fourth-order valence-corrected chi connectivity index (χ4v) is 1.64. The van der Waals surface area contributed by atoms with Gasteiger partial charge in [-0.25, -0.2) is 9.97 Å². The summed E-state index contributed by atoms with van der Waals surface area (Å²) in [5.41, 5.74) is 0.406. The number of amides is 1. The molecule has 7 heteroatoms. The molecule has 0 saturated heterocycles. The molecule has 112 valence electrons. The van der Waals surface area contributed by atoms with Gasteiger partial charge in [-0.15, -0.1) is 0 Å². The van der Waals surface area contributed by atoms with E-state index in [2.05, 4.69) is 20.6 Å². The van der Waals surface area contributed by atoms with Gasteiger partial charge in [-0.05, 0) is 18.6 Å². The molecule has 0 unspecified atom stereocenters. The van der Waals surface area contributed by atoms with E-state index in [1.54, 1.807) is 25.5 Å². The molecule has 2 N–H and O–H groups in total. The summed E-state index contributed by atoms with van der Waals surface area (Å²) in [5, 5.41) is 5.78. The van der Waals surface area contributed by atoms with Crippen LogP contribution in [0.25, 0.3) is 0 Å². The minimum Gasteiger partial charge on any atom is -0.467 e. The number of hydrogen-bond donors (Lipinski definition) is 2. The second-order valence-corrected chi connectivity index (χ2v) is 4.33. The summed E-state index contributed by atoms with van der Waals surface area (Å²) in [6.45, 7) is 1.74. The van der Waals surface area contributed by atoms with E-state index in [0.717, 1.165) is 13.0 Å². The molecule has 0 aliphatic carbocycles. The second-order valence-electron chi connectivity index (χ2n) is 4.33. The number of furan rings is 1. The van der Waals surface area contributed by atoms with Gasteiger partial charge in [0.1, 0.15) is 5.76 Å². The average Bonchev–Trinajstić information content (AvgIpc) is 3.03. The van der Waals surface area contributed by atoms with Crippen LogP contribution in [0.4, 0.5) is 5.95 Å². The smallest absolute Gasteiger partial charge is 0.254 e. The van der Waals surface area contributed by atoms with E-state index >= 15 is 0 Å². The number of ether oxygens (including phenoxy) is 1. The number of nitrogens with zero attached hydrogens (tertiary/aromatic N) is 2. The highest BCUT2D eigenvalue weighted by atomic mass is 16.5. The van der Waals surface area contributed by atoms with E-state index in [1.165, 1.54) is 12.4 Å². The lowest BCUT2D eigenvalue weighted by molar-refractivity contribution is 0.0947. The van der Waals surface area contributed by atoms with E-state index in [0.29, 0.717) is 30.4 Å². The molecule has 0 radical (unpaired) electrons. The third kappa shape index (κ3) is 4.88. The Morgan fingerprint density at radius 2 is 2.19 bits per heavy atom. The molecule has 1 amide bonds. The maximum atomic E-state index is 11.9. The molecule has 2 rings (SSSR count). The Balaban J connectivity index is 1.79. The van der Waals surface area contributed by atoms with Crippen LogP contribution < -0.4 is 10.6 Å². The number of carbonyl (C=O) groups excluding carboxylic acids is 1. The van der Waals surface area contributed by atoms with Crippen molar-refractivity contribution in [2.24, 2.45) is 0 Å². The molecule has 0 saturated carbocycles. The Kier molecular flexibility index (Phi) is 5.71. The fourth-order valence-electron chi connectivity index (χ4n) is 1.64. The summed E-state index contributed by atoms with van der Waals surface area (Å²) in [7, 11) is 1.66. The van der Waals surface area contributed by atoms with Crippen molar-refractivity contribution in [1.82, 2.24) is 15.3 Å². The van der Waals surface area contributed by atoms with Gasteiger partial charge in [-0.1, -0.05) is 0 Å². The molecule has 0 aliphatic rings. The standard InChI is InChI=1S/C14H18N4O3/c1-20-6-3-5-15-14-17-8-11(9-18-14)13(19)16-10-12-4-2-7-21-12/h2,4,7-9H,3,5-6,10H2,1H3,(H,16,19)(H,15,17,18). The molecule has 7 nitrogen and oxygen atoms in total. The zero-order chi connectivity index (χ0) is 14.9. The lowest BCUT2D eigenvalue weighted by Crippen LogP contribution is -2.23. The number of methoxy groups -OCH3 is 1. The van der Waals surface area contributed by atoms with Crippen LogP contribution >= 0.6 is 0 Å². The first-order chi connectivity index (χ1) is 10.3. The van der Waals surface area contributed by atoms with Gasteiger partial charge in [0.25, 0.3) is 5.91 Å². The summed E-state index contributed by atoms with van der Waals surface area (Å²) in [6.07, 6.45) is 5.41. The first-order valence-corrected chi connectivity index (χ1v) is 6.65. The maximum absolute atomic E-state index is 11.9. The number of carbonyl (C=O) groups is 1. The SMILES string of the molecule is COCCCNc1ncc(C(=O)NCc2ccco2)cn1. The van der Waals surface area contributed by atoms with Crippen LogP contribution in [0.5, 0.6) is 0 Å². The minimum atomic E-state index is -0.239. The predicted octanol–water partition coefficient (Wildman–Crippen LogP) is 1.45. The molecule has 0 aromatic carbocycles. The van der Waals surface area contributed by atoms with Gasteiger partial charge in [0.2, 0.25) is 5.95 Å². The molecule has 2 aromatic rings. The fraction of sp³-hybridized carbons (Fsp3) is 0.357. The summed E-state index contributed by atoms with van der Waals surface area (Å²) >= 11 is 0. The van der Waals surface area contributed by atoms with Crippen LogP contribution in [0, 0.1) is 0 Å². The average molecular weight is 290 g/mol. The van der Waals surface area contributed by atoms with E-state index in [9.17, 15) is 4.79 Å². The molecule has 0 aliphatic heterocycles. The van der Waals surface area contributed by atoms with Gasteiger partial charge in [0.05, 0.1) is 18.4 Å². The molecule has 2 heterocycles. The molecular formula is C14H18N4O3. The van der Waals surface area contributed by atoms with Crippen LogP contribution in [0.15, 0.2) is 35.2 Å². The summed E-state index contributed by atoms with van der Waals surface area (Å²) in [6, 6.07) is 3.57. The molecule has 21 heavy (non-hydrogen) atoms. The van der Waals surface area contributed by atoms with E-state index in [1.807, 2.05) is 0 Å². The van der Waals surface area contributed by atoms with Crippen molar-refractivity contribution in [2.75, 3.05) is 25.6 Å². The molecule has 0 spiro atoms. The normalized spacial score (nSPS) is 10.3. The van der Waals surface area contributed by atoms with Gasteiger partial charge in [-0.3, -0.25) is 4.79 Å².